The standard InChI is InChI=1S/C11H15FN2O2/c1-11(2,16)6-14-10(15)7-4-3-5-8(12)9(7)13/h3-5,16H,6,13H2,1-2H3,(H,14,15). The average Bonchev–Trinajstić information content (AvgIpc) is 2.17. The molecule has 4 nitrogen and oxygen atoms in total. The zero-order chi connectivity index (χ0) is 12.3. The second-order valence-corrected chi connectivity index (χ2v) is 4.20. The fourth-order valence-electron chi connectivity index (χ4n) is 1.13. The monoisotopic (exact) mass is 226 g/mol. The van der Waals surface area contributed by atoms with E-state index in [4.69, 9.17) is 5.73 Å². The molecule has 0 aliphatic heterocycles. The minimum absolute atomic E-state index is 0.0712. The molecule has 0 aliphatic carbocycles. The summed E-state index contributed by atoms with van der Waals surface area (Å²) in [4.78, 5) is 11.6. The normalized spacial score (nSPS) is 11.2. The summed E-state index contributed by atoms with van der Waals surface area (Å²) < 4.78 is 13.1. The van der Waals surface area contributed by atoms with E-state index in [0.717, 1.165) is 0 Å². The number of para-hydroxylation sites is 1. The Morgan fingerprint density at radius 1 is 1.56 bits per heavy atom. The lowest BCUT2D eigenvalue weighted by Crippen LogP contribution is -2.38. The van der Waals surface area contributed by atoms with Crippen molar-refractivity contribution in [1.29, 1.82) is 0 Å². The van der Waals surface area contributed by atoms with Gasteiger partial charge in [-0.05, 0) is 26.0 Å². The molecule has 0 spiro atoms. The molecule has 0 fully saturated rings. The van der Waals surface area contributed by atoms with E-state index in [2.05, 4.69) is 5.32 Å². The zero-order valence-electron chi connectivity index (χ0n) is 9.25. The van der Waals surface area contributed by atoms with Crippen LogP contribution in [0, 0.1) is 5.82 Å². The number of carbonyl (C=O) groups is 1. The minimum atomic E-state index is -1.02. The number of halogens is 1. The third-order valence-electron chi connectivity index (χ3n) is 1.98. The van der Waals surface area contributed by atoms with Crippen LogP contribution in [0.2, 0.25) is 0 Å². The largest absolute Gasteiger partial charge is 0.396 e. The maximum Gasteiger partial charge on any atom is 0.253 e. The Labute approximate surface area is 93.3 Å². The molecule has 88 valence electrons. The molecular weight excluding hydrogens is 211 g/mol. The first-order valence-corrected chi connectivity index (χ1v) is 4.86. The van der Waals surface area contributed by atoms with Crippen molar-refractivity contribution in [2.45, 2.75) is 19.4 Å². The van der Waals surface area contributed by atoms with Crippen molar-refractivity contribution in [3.63, 3.8) is 0 Å². The number of anilines is 1. The van der Waals surface area contributed by atoms with Gasteiger partial charge in [0.05, 0.1) is 16.9 Å². The highest BCUT2D eigenvalue weighted by atomic mass is 19.1. The Kier molecular flexibility index (Phi) is 3.49. The summed E-state index contributed by atoms with van der Waals surface area (Å²) in [5.41, 5.74) is 4.30. The number of rotatable bonds is 3. The Bertz CT molecular complexity index is 399. The second-order valence-electron chi connectivity index (χ2n) is 4.20. The van der Waals surface area contributed by atoms with E-state index in [1.54, 1.807) is 13.8 Å². The smallest absolute Gasteiger partial charge is 0.253 e. The van der Waals surface area contributed by atoms with Crippen LogP contribution in [0.25, 0.3) is 0 Å². The van der Waals surface area contributed by atoms with Gasteiger partial charge in [0.25, 0.3) is 5.91 Å². The van der Waals surface area contributed by atoms with Gasteiger partial charge in [-0.2, -0.15) is 0 Å². The molecule has 0 aliphatic rings. The topological polar surface area (TPSA) is 75.3 Å². The summed E-state index contributed by atoms with van der Waals surface area (Å²) in [5, 5.41) is 11.9. The third kappa shape index (κ3) is 3.20. The molecule has 0 atom stereocenters. The van der Waals surface area contributed by atoms with E-state index < -0.39 is 17.3 Å². The Morgan fingerprint density at radius 2 is 2.19 bits per heavy atom. The van der Waals surface area contributed by atoms with Gasteiger partial charge in [-0.1, -0.05) is 6.07 Å². The summed E-state index contributed by atoms with van der Waals surface area (Å²) in [5.74, 6) is -1.13. The molecule has 4 N–H and O–H groups in total. The van der Waals surface area contributed by atoms with E-state index in [-0.39, 0.29) is 17.8 Å². The molecule has 0 heterocycles. The van der Waals surface area contributed by atoms with Gasteiger partial charge in [-0.15, -0.1) is 0 Å². The van der Waals surface area contributed by atoms with Crippen molar-refractivity contribution in [2.24, 2.45) is 0 Å². The van der Waals surface area contributed by atoms with Gasteiger partial charge in [0.2, 0.25) is 0 Å². The lowest BCUT2D eigenvalue weighted by Gasteiger charge is -2.18. The summed E-state index contributed by atoms with van der Waals surface area (Å²) in [6.45, 7) is 3.19. The fourth-order valence-corrected chi connectivity index (χ4v) is 1.13. The minimum Gasteiger partial charge on any atom is -0.396 e. The first-order chi connectivity index (χ1) is 7.31. The molecule has 0 saturated carbocycles. The Morgan fingerprint density at radius 3 is 2.75 bits per heavy atom. The quantitative estimate of drug-likeness (QED) is 0.670. The van der Waals surface area contributed by atoms with Crippen LogP contribution < -0.4 is 11.1 Å². The van der Waals surface area contributed by atoms with Crippen LogP contribution in [-0.4, -0.2) is 23.2 Å². The van der Waals surface area contributed by atoms with E-state index in [9.17, 15) is 14.3 Å². The summed E-state index contributed by atoms with van der Waals surface area (Å²) in [6, 6.07) is 4.02. The van der Waals surface area contributed by atoms with E-state index in [0.29, 0.717) is 0 Å². The van der Waals surface area contributed by atoms with Gasteiger partial charge < -0.3 is 16.2 Å². The molecule has 1 amide bonds. The SMILES string of the molecule is CC(C)(O)CNC(=O)c1cccc(F)c1N. The predicted octanol–water partition coefficient (Wildman–Crippen LogP) is 0.909. The van der Waals surface area contributed by atoms with Gasteiger partial charge in [0.1, 0.15) is 5.82 Å². The first-order valence-electron chi connectivity index (χ1n) is 4.86. The van der Waals surface area contributed by atoms with E-state index in [1.807, 2.05) is 0 Å². The Hall–Kier alpha value is -1.62. The summed E-state index contributed by atoms with van der Waals surface area (Å²) >= 11 is 0. The molecule has 1 aromatic rings. The van der Waals surface area contributed by atoms with Crippen LogP contribution in [0.3, 0.4) is 0 Å². The highest BCUT2D eigenvalue weighted by molar-refractivity contribution is 5.99. The van der Waals surface area contributed by atoms with Crippen LogP contribution in [0.1, 0.15) is 24.2 Å². The molecule has 0 saturated heterocycles. The van der Waals surface area contributed by atoms with Crippen LogP contribution in [0.4, 0.5) is 10.1 Å². The van der Waals surface area contributed by atoms with Crippen molar-refractivity contribution in [3.05, 3.63) is 29.6 Å². The van der Waals surface area contributed by atoms with Crippen LogP contribution in [-0.2, 0) is 0 Å². The summed E-state index contributed by atoms with van der Waals surface area (Å²) in [7, 11) is 0. The molecule has 0 bridgehead atoms. The van der Waals surface area contributed by atoms with Crippen molar-refractivity contribution in [3.8, 4) is 0 Å². The van der Waals surface area contributed by atoms with E-state index in [1.165, 1.54) is 18.2 Å². The van der Waals surface area contributed by atoms with Gasteiger partial charge >= 0.3 is 0 Å². The van der Waals surface area contributed by atoms with E-state index >= 15 is 0 Å². The molecule has 16 heavy (non-hydrogen) atoms. The number of carbonyl (C=O) groups excluding carboxylic acids is 1. The van der Waals surface area contributed by atoms with Gasteiger partial charge in [0.15, 0.2) is 0 Å². The van der Waals surface area contributed by atoms with Crippen molar-refractivity contribution >= 4 is 11.6 Å². The molecular formula is C11H15FN2O2. The molecule has 0 aromatic heterocycles. The van der Waals surface area contributed by atoms with Gasteiger partial charge in [0, 0.05) is 6.54 Å². The lowest BCUT2D eigenvalue weighted by atomic mass is 10.1. The molecule has 1 aromatic carbocycles. The predicted molar refractivity (Wildman–Crippen MR) is 59.4 cm³/mol. The summed E-state index contributed by atoms with van der Waals surface area (Å²) in [6.07, 6.45) is 0. The number of amides is 1. The number of hydrogen-bond acceptors (Lipinski definition) is 3. The van der Waals surface area contributed by atoms with Crippen molar-refractivity contribution < 1.29 is 14.3 Å². The van der Waals surface area contributed by atoms with Crippen LogP contribution in [0.15, 0.2) is 18.2 Å². The molecule has 1 rings (SSSR count). The molecule has 5 heteroatoms. The maximum absolute atomic E-state index is 13.1. The highest BCUT2D eigenvalue weighted by Crippen LogP contribution is 2.15. The zero-order valence-corrected chi connectivity index (χ0v) is 9.25. The van der Waals surface area contributed by atoms with Crippen molar-refractivity contribution in [2.75, 3.05) is 12.3 Å². The fraction of sp³-hybridized carbons (Fsp3) is 0.364. The number of benzene rings is 1. The number of nitrogens with one attached hydrogen (secondary N) is 1. The number of nitrogens with two attached hydrogens (primary N) is 1. The van der Waals surface area contributed by atoms with Crippen LogP contribution in [0.5, 0.6) is 0 Å². The maximum atomic E-state index is 13.1. The van der Waals surface area contributed by atoms with Crippen LogP contribution >= 0.6 is 0 Å². The molecule has 0 radical (unpaired) electrons. The van der Waals surface area contributed by atoms with Crippen molar-refractivity contribution in [1.82, 2.24) is 5.32 Å². The third-order valence-corrected chi connectivity index (χ3v) is 1.98. The average molecular weight is 226 g/mol. The van der Waals surface area contributed by atoms with Gasteiger partial charge in [-0.25, -0.2) is 4.39 Å². The number of nitrogen functional groups attached to an aromatic ring is 1. The first kappa shape index (κ1) is 12.4. The Balaban J connectivity index is 2.78. The van der Waals surface area contributed by atoms with Gasteiger partial charge in [-0.3, -0.25) is 4.79 Å². The molecule has 0 unspecified atom stereocenters. The lowest BCUT2D eigenvalue weighted by molar-refractivity contribution is 0.0694. The number of aliphatic hydroxyl groups is 1. The highest BCUT2D eigenvalue weighted by Gasteiger charge is 2.17. The number of hydrogen-bond donors (Lipinski definition) is 3. The second kappa shape index (κ2) is 4.49.